The molecule has 0 aliphatic carbocycles. The maximum atomic E-state index is 13.3. The number of fused-ring (bicyclic) bond motifs is 1. The molecule has 0 saturated heterocycles. The minimum absolute atomic E-state index is 0.105. The van der Waals surface area contributed by atoms with E-state index in [1.54, 1.807) is 12.3 Å². The highest BCUT2D eigenvalue weighted by molar-refractivity contribution is 5.92. The second kappa shape index (κ2) is 6.08. The number of anilines is 1. The predicted octanol–water partition coefficient (Wildman–Crippen LogP) is 2.58. The quantitative estimate of drug-likeness (QED) is 0.685. The van der Waals surface area contributed by atoms with Crippen molar-refractivity contribution in [2.45, 2.75) is 26.6 Å². The molecule has 25 heavy (non-hydrogen) atoms. The summed E-state index contributed by atoms with van der Waals surface area (Å²) in [7, 11) is 0. The van der Waals surface area contributed by atoms with Crippen molar-refractivity contribution in [2.75, 3.05) is 4.90 Å². The van der Waals surface area contributed by atoms with Gasteiger partial charge in [-0.05, 0) is 17.7 Å². The van der Waals surface area contributed by atoms with Gasteiger partial charge in [0.15, 0.2) is 5.78 Å². The van der Waals surface area contributed by atoms with Crippen LogP contribution < -0.4 is 4.90 Å². The summed E-state index contributed by atoms with van der Waals surface area (Å²) in [6.07, 6.45) is 5.10. The van der Waals surface area contributed by atoms with Crippen LogP contribution >= 0.6 is 0 Å². The standard InChI is InChI=1S/C18H16FN5O/c1-12(25)16-6-20-7-18(21-16)23-9-14-10-24(22-17(14)11-23)8-13-3-2-4-15(19)5-13/h2-7,10H,8-9,11H2,1H3. The molecule has 4 rings (SSSR count). The molecule has 3 heterocycles. The van der Waals surface area contributed by atoms with Gasteiger partial charge < -0.3 is 4.90 Å². The van der Waals surface area contributed by atoms with Crippen molar-refractivity contribution in [2.24, 2.45) is 0 Å². The Hall–Kier alpha value is -3.09. The van der Waals surface area contributed by atoms with Crippen LogP contribution in [0.25, 0.3) is 0 Å². The molecule has 1 aromatic carbocycles. The van der Waals surface area contributed by atoms with Crippen LogP contribution in [-0.2, 0) is 19.6 Å². The summed E-state index contributed by atoms with van der Waals surface area (Å²) in [6, 6.07) is 6.53. The molecular formula is C18H16FN5O. The van der Waals surface area contributed by atoms with Crippen molar-refractivity contribution in [3.8, 4) is 0 Å². The molecule has 0 fully saturated rings. The monoisotopic (exact) mass is 337 g/mol. The summed E-state index contributed by atoms with van der Waals surface area (Å²) in [4.78, 5) is 21.9. The SMILES string of the molecule is CC(=O)c1cncc(N2Cc3cn(Cc4cccc(F)c4)nc3C2)n1. The molecule has 6 nitrogen and oxygen atoms in total. The van der Waals surface area contributed by atoms with E-state index in [0.717, 1.165) is 16.8 Å². The van der Waals surface area contributed by atoms with Gasteiger partial charge in [0.1, 0.15) is 17.3 Å². The van der Waals surface area contributed by atoms with Gasteiger partial charge in [0.2, 0.25) is 0 Å². The van der Waals surface area contributed by atoms with Crippen LogP contribution in [0, 0.1) is 5.82 Å². The Morgan fingerprint density at radius 2 is 2.16 bits per heavy atom. The van der Waals surface area contributed by atoms with Gasteiger partial charge in [0.25, 0.3) is 0 Å². The van der Waals surface area contributed by atoms with E-state index in [1.165, 1.54) is 25.3 Å². The number of nitrogens with zero attached hydrogens (tertiary/aromatic N) is 5. The van der Waals surface area contributed by atoms with Gasteiger partial charge in [-0.3, -0.25) is 14.5 Å². The second-order valence-corrected chi connectivity index (χ2v) is 6.10. The van der Waals surface area contributed by atoms with Crippen molar-refractivity contribution < 1.29 is 9.18 Å². The van der Waals surface area contributed by atoms with Gasteiger partial charge in [-0.15, -0.1) is 0 Å². The fourth-order valence-electron chi connectivity index (χ4n) is 2.95. The van der Waals surface area contributed by atoms with Crippen LogP contribution in [0.4, 0.5) is 10.2 Å². The first-order chi connectivity index (χ1) is 12.1. The van der Waals surface area contributed by atoms with E-state index in [9.17, 15) is 9.18 Å². The number of hydrogen-bond donors (Lipinski definition) is 0. The van der Waals surface area contributed by atoms with Crippen molar-refractivity contribution in [1.29, 1.82) is 0 Å². The zero-order valence-corrected chi connectivity index (χ0v) is 13.7. The first-order valence-electron chi connectivity index (χ1n) is 7.96. The fraction of sp³-hybridized carbons (Fsp3) is 0.222. The van der Waals surface area contributed by atoms with E-state index in [0.29, 0.717) is 31.1 Å². The molecule has 0 spiro atoms. The molecule has 2 aromatic heterocycles. The Kier molecular flexibility index (Phi) is 3.76. The molecular weight excluding hydrogens is 321 g/mol. The number of hydrogen-bond acceptors (Lipinski definition) is 5. The number of carbonyl (C=O) groups is 1. The minimum atomic E-state index is -0.243. The van der Waals surface area contributed by atoms with Crippen LogP contribution in [0.1, 0.15) is 34.2 Å². The average Bonchev–Trinajstić information content (AvgIpc) is 3.13. The molecule has 126 valence electrons. The van der Waals surface area contributed by atoms with Gasteiger partial charge in [-0.25, -0.2) is 9.37 Å². The molecule has 0 radical (unpaired) electrons. The lowest BCUT2D eigenvalue weighted by molar-refractivity contribution is 0.101. The molecule has 0 bridgehead atoms. The van der Waals surface area contributed by atoms with Crippen LogP contribution in [0.5, 0.6) is 0 Å². The van der Waals surface area contributed by atoms with Crippen LogP contribution in [0.15, 0.2) is 42.9 Å². The topological polar surface area (TPSA) is 63.9 Å². The summed E-state index contributed by atoms with van der Waals surface area (Å²) in [5.41, 5.74) is 3.30. The van der Waals surface area contributed by atoms with E-state index in [2.05, 4.69) is 15.1 Å². The Morgan fingerprint density at radius 3 is 2.92 bits per heavy atom. The molecule has 7 heteroatoms. The number of ketones is 1. The lowest BCUT2D eigenvalue weighted by atomic mass is 10.2. The maximum absolute atomic E-state index is 13.3. The van der Waals surface area contributed by atoms with Crippen molar-refractivity contribution in [3.63, 3.8) is 0 Å². The van der Waals surface area contributed by atoms with Crippen molar-refractivity contribution in [1.82, 2.24) is 19.7 Å². The Labute approximate surface area is 143 Å². The lowest BCUT2D eigenvalue weighted by Crippen LogP contribution is -2.18. The third-order valence-electron chi connectivity index (χ3n) is 4.17. The molecule has 0 amide bonds. The van der Waals surface area contributed by atoms with Crippen LogP contribution in [0.3, 0.4) is 0 Å². The number of Topliss-reactive ketones (excluding diaryl/α,β-unsaturated/α-hetero) is 1. The minimum Gasteiger partial charge on any atom is -0.345 e. The molecule has 1 aliphatic rings. The van der Waals surface area contributed by atoms with Crippen LogP contribution in [-0.4, -0.2) is 25.5 Å². The number of aromatic nitrogens is 4. The van der Waals surface area contributed by atoms with Gasteiger partial charge in [0, 0.05) is 25.2 Å². The van der Waals surface area contributed by atoms with Crippen LogP contribution in [0.2, 0.25) is 0 Å². The highest BCUT2D eigenvalue weighted by Crippen LogP contribution is 2.26. The van der Waals surface area contributed by atoms with E-state index >= 15 is 0 Å². The normalized spacial score (nSPS) is 13.1. The number of benzene rings is 1. The van der Waals surface area contributed by atoms with E-state index in [4.69, 9.17) is 0 Å². The Balaban J connectivity index is 1.50. The molecule has 0 atom stereocenters. The zero-order chi connectivity index (χ0) is 17.4. The molecule has 0 unspecified atom stereocenters. The predicted molar refractivity (Wildman–Crippen MR) is 89.7 cm³/mol. The highest BCUT2D eigenvalue weighted by Gasteiger charge is 2.24. The van der Waals surface area contributed by atoms with Crippen molar-refractivity contribution >= 4 is 11.6 Å². The summed E-state index contributed by atoms with van der Waals surface area (Å²) in [6.45, 7) is 3.28. The van der Waals surface area contributed by atoms with Gasteiger partial charge in [-0.2, -0.15) is 5.10 Å². The fourth-order valence-corrected chi connectivity index (χ4v) is 2.95. The van der Waals surface area contributed by atoms with Gasteiger partial charge >= 0.3 is 0 Å². The molecule has 3 aromatic rings. The average molecular weight is 337 g/mol. The third-order valence-corrected chi connectivity index (χ3v) is 4.17. The summed E-state index contributed by atoms with van der Waals surface area (Å²) in [5.74, 6) is 0.321. The second-order valence-electron chi connectivity index (χ2n) is 6.10. The number of halogens is 1. The molecule has 0 saturated carbocycles. The van der Waals surface area contributed by atoms with E-state index in [-0.39, 0.29) is 11.6 Å². The maximum Gasteiger partial charge on any atom is 0.179 e. The summed E-state index contributed by atoms with van der Waals surface area (Å²) >= 11 is 0. The number of carbonyl (C=O) groups excluding carboxylic acids is 1. The van der Waals surface area contributed by atoms with Gasteiger partial charge in [-0.1, -0.05) is 12.1 Å². The lowest BCUT2D eigenvalue weighted by Gasteiger charge is -2.16. The Bertz CT molecular complexity index is 929. The first-order valence-corrected chi connectivity index (χ1v) is 7.96. The first kappa shape index (κ1) is 15.4. The molecule has 1 aliphatic heterocycles. The molecule has 0 N–H and O–H groups in total. The smallest absolute Gasteiger partial charge is 0.179 e. The summed E-state index contributed by atoms with van der Waals surface area (Å²) in [5, 5.41) is 4.59. The highest BCUT2D eigenvalue weighted by atomic mass is 19.1. The third kappa shape index (κ3) is 3.13. The van der Waals surface area contributed by atoms with Crippen molar-refractivity contribution in [3.05, 3.63) is 71.2 Å². The van der Waals surface area contributed by atoms with Gasteiger partial charge in [0.05, 0.1) is 31.2 Å². The van der Waals surface area contributed by atoms with E-state index in [1.807, 2.05) is 21.8 Å². The Morgan fingerprint density at radius 1 is 1.28 bits per heavy atom. The zero-order valence-electron chi connectivity index (χ0n) is 13.7. The largest absolute Gasteiger partial charge is 0.345 e. The number of rotatable bonds is 4. The summed E-state index contributed by atoms with van der Waals surface area (Å²) < 4.78 is 15.1. The van der Waals surface area contributed by atoms with E-state index < -0.39 is 0 Å².